The molecule has 1 N–H and O–H groups in total. The summed E-state index contributed by atoms with van der Waals surface area (Å²) in [4.78, 5) is 4.55. The van der Waals surface area contributed by atoms with Crippen LogP contribution in [0.15, 0.2) is 30.6 Å². The Morgan fingerprint density at radius 3 is 2.85 bits per heavy atom. The Hall–Kier alpha value is -1.68. The van der Waals surface area contributed by atoms with Gasteiger partial charge in [-0.3, -0.25) is 4.98 Å². The molecule has 1 atom stereocenters. The van der Waals surface area contributed by atoms with Gasteiger partial charge in [0.05, 0.1) is 23.3 Å². The summed E-state index contributed by atoms with van der Waals surface area (Å²) in [5.74, 6) is 0.696. The number of pyridine rings is 1. The van der Waals surface area contributed by atoms with Gasteiger partial charge in [-0.15, -0.1) is 0 Å². The van der Waals surface area contributed by atoms with Crippen LogP contribution in [0.5, 0.6) is 0 Å². The van der Waals surface area contributed by atoms with E-state index in [0.29, 0.717) is 12.0 Å². The van der Waals surface area contributed by atoms with Crippen LogP contribution in [0, 0.1) is 0 Å². The van der Waals surface area contributed by atoms with Crippen LogP contribution in [-0.4, -0.2) is 21.3 Å². The lowest BCUT2D eigenvalue weighted by Gasteiger charge is -2.12. The first-order valence-corrected chi connectivity index (χ1v) is 7.53. The summed E-state index contributed by atoms with van der Waals surface area (Å²) in [7, 11) is 0. The molecule has 0 aromatic carbocycles. The minimum Gasteiger partial charge on any atom is -0.309 e. The van der Waals surface area contributed by atoms with Gasteiger partial charge in [-0.1, -0.05) is 6.92 Å². The van der Waals surface area contributed by atoms with E-state index in [1.54, 1.807) is 0 Å². The Balaban J connectivity index is 1.71. The van der Waals surface area contributed by atoms with Crippen molar-refractivity contribution in [1.29, 1.82) is 0 Å². The highest BCUT2D eigenvalue weighted by atomic mass is 15.3. The smallest absolute Gasteiger partial charge is 0.0829 e. The molecule has 4 nitrogen and oxygen atoms in total. The molecule has 1 aliphatic rings. The van der Waals surface area contributed by atoms with Gasteiger partial charge < -0.3 is 5.32 Å². The fourth-order valence-electron chi connectivity index (χ4n) is 2.33. The van der Waals surface area contributed by atoms with Gasteiger partial charge in [-0.2, -0.15) is 5.10 Å². The van der Waals surface area contributed by atoms with Gasteiger partial charge in [0, 0.05) is 18.2 Å². The highest BCUT2D eigenvalue weighted by Crippen LogP contribution is 2.38. The third-order valence-electron chi connectivity index (χ3n) is 3.78. The quantitative estimate of drug-likeness (QED) is 0.876. The van der Waals surface area contributed by atoms with Gasteiger partial charge in [-0.05, 0) is 50.9 Å². The lowest BCUT2D eigenvalue weighted by atomic mass is 10.2. The maximum Gasteiger partial charge on any atom is 0.0829 e. The molecule has 1 unspecified atom stereocenters. The van der Waals surface area contributed by atoms with Crippen molar-refractivity contribution in [2.45, 2.75) is 45.1 Å². The molecule has 3 rings (SSSR count). The second-order valence-corrected chi connectivity index (χ2v) is 5.58. The van der Waals surface area contributed by atoms with E-state index in [0.717, 1.165) is 24.3 Å². The Morgan fingerprint density at radius 2 is 2.20 bits per heavy atom. The van der Waals surface area contributed by atoms with Crippen LogP contribution in [0.2, 0.25) is 0 Å². The maximum absolute atomic E-state index is 4.63. The number of hydrogen-bond donors (Lipinski definition) is 1. The molecular weight excluding hydrogens is 248 g/mol. The van der Waals surface area contributed by atoms with Crippen molar-refractivity contribution in [3.8, 4) is 5.69 Å². The van der Waals surface area contributed by atoms with Gasteiger partial charge in [0.2, 0.25) is 0 Å². The van der Waals surface area contributed by atoms with Gasteiger partial charge >= 0.3 is 0 Å². The van der Waals surface area contributed by atoms with Gasteiger partial charge in [0.25, 0.3) is 0 Å². The van der Waals surface area contributed by atoms with Gasteiger partial charge in [-0.25, -0.2) is 4.68 Å². The summed E-state index contributed by atoms with van der Waals surface area (Å²) in [6, 6.07) is 6.59. The molecule has 4 heteroatoms. The van der Waals surface area contributed by atoms with E-state index < -0.39 is 0 Å². The number of hydrogen-bond acceptors (Lipinski definition) is 3. The predicted octanol–water partition coefficient (Wildman–Crippen LogP) is 3.21. The predicted molar refractivity (Wildman–Crippen MR) is 80.0 cm³/mol. The van der Waals surface area contributed by atoms with Crippen LogP contribution in [-0.2, 0) is 0 Å². The Kier molecular flexibility index (Phi) is 3.83. The highest BCUT2D eigenvalue weighted by molar-refractivity contribution is 5.30. The van der Waals surface area contributed by atoms with Crippen LogP contribution in [0.3, 0.4) is 0 Å². The van der Waals surface area contributed by atoms with Crippen LogP contribution < -0.4 is 5.32 Å². The molecule has 1 saturated carbocycles. The SMILES string of the molecule is CCCNC(C)c1ccc(-n2ccc(C3CC3)n2)cn1. The van der Waals surface area contributed by atoms with E-state index in [4.69, 9.17) is 0 Å². The number of nitrogens with zero attached hydrogens (tertiary/aromatic N) is 3. The largest absolute Gasteiger partial charge is 0.309 e. The lowest BCUT2D eigenvalue weighted by Crippen LogP contribution is -2.20. The van der Waals surface area contributed by atoms with Crippen LogP contribution >= 0.6 is 0 Å². The number of nitrogens with one attached hydrogen (secondary N) is 1. The second-order valence-electron chi connectivity index (χ2n) is 5.58. The fourth-order valence-corrected chi connectivity index (χ4v) is 2.33. The summed E-state index contributed by atoms with van der Waals surface area (Å²) in [6.07, 6.45) is 7.65. The van der Waals surface area contributed by atoms with Crippen LogP contribution in [0.1, 0.15) is 56.5 Å². The van der Waals surface area contributed by atoms with Crippen molar-refractivity contribution < 1.29 is 0 Å². The summed E-state index contributed by atoms with van der Waals surface area (Å²) in [5.41, 5.74) is 3.33. The molecular formula is C16H22N4. The third kappa shape index (κ3) is 2.90. The van der Waals surface area contributed by atoms with E-state index in [9.17, 15) is 0 Å². The molecule has 0 bridgehead atoms. The van der Waals surface area contributed by atoms with Crippen molar-refractivity contribution in [3.63, 3.8) is 0 Å². The van der Waals surface area contributed by atoms with Crippen molar-refractivity contribution in [2.75, 3.05) is 6.54 Å². The molecule has 0 saturated heterocycles. The van der Waals surface area contributed by atoms with E-state index in [1.165, 1.54) is 18.5 Å². The first-order chi connectivity index (χ1) is 9.78. The van der Waals surface area contributed by atoms with E-state index in [2.05, 4.69) is 47.4 Å². The zero-order valence-corrected chi connectivity index (χ0v) is 12.2. The van der Waals surface area contributed by atoms with Gasteiger partial charge in [0.1, 0.15) is 0 Å². The molecule has 1 aliphatic carbocycles. The molecule has 0 aliphatic heterocycles. The van der Waals surface area contributed by atoms with E-state index in [-0.39, 0.29) is 0 Å². The van der Waals surface area contributed by atoms with Crippen molar-refractivity contribution in [1.82, 2.24) is 20.1 Å². The van der Waals surface area contributed by atoms with Crippen molar-refractivity contribution in [2.24, 2.45) is 0 Å². The average Bonchev–Trinajstić information content (AvgIpc) is 3.22. The molecule has 106 valence electrons. The molecule has 2 aromatic rings. The van der Waals surface area contributed by atoms with Gasteiger partial charge in [0.15, 0.2) is 0 Å². The molecule has 20 heavy (non-hydrogen) atoms. The normalized spacial score (nSPS) is 16.3. The minimum atomic E-state index is 0.295. The Morgan fingerprint density at radius 1 is 1.35 bits per heavy atom. The molecule has 0 radical (unpaired) electrons. The molecule has 0 spiro atoms. The zero-order valence-electron chi connectivity index (χ0n) is 12.2. The molecule has 2 heterocycles. The molecule has 2 aromatic heterocycles. The Bertz CT molecular complexity index is 554. The second kappa shape index (κ2) is 5.75. The third-order valence-corrected chi connectivity index (χ3v) is 3.78. The highest BCUT2D eigenvalue weighted by Gasteiger charge is 2.25. The van der Waals surface area contributed by atoms with Crippen molar-refractivity contribution >= 4 is 0 Å². The van der Waals surface area contributed by atoms with Crippen LogP contribution in [0.4, 0.5) is 0 Å². The Labute approximate surface area is 120 Å². The zero-order chi connectivity index (χ0) is 13.9. The topological polar surface area (TPSA) is 42.7 Å². The average molecular weight is 270 g/mol. The van der Waals surface area contributed by atoms with E-state index in [1.807, 2.05) is 17.1 Å². The monoisotopic (exact) mass is 270 g/mol. The summed E-state index contributed by atoms with van der Waals surface area (Å²) in [5, 5.41) is 8.08. The molecule has 0 amide bonds. The standard InChI is InChI=1S/C16H22N4/c1-3-9-17-12(2)15-7-6-14(11-18-15)20-10-8-16(19-20)13-4-5-13/h6-8,10-13,17H,3-5,9H2,1-2H3. The minimum absolute atomic E-state index is 0.295. The van der Waals surface area contributed by atoms with Crippen molar-refractivity contribution in [3.05, 3.63) is 42.0 Å². The molecule has 1 fully saturated rings. The number of aromatic nitrogens is 3. The summed E-state index contributed by atoms with van der Waals surface area (Å²) >= 11 is 0. The first kappa shape index (κ1) is 13.3. The number of rotatable bonds is 6. The lowest BCUT2D eigenvalue weighted by molar-refractivity contribution is 0.558. The fraction of sp³-hybridized carbons (Fsp3) is 0.500. The first-order valence-electron chi connectivity index (χ1n) is 7.53. The van der Waals surface area contributed by atoms with Crippen LogP contribution in [0.25, 0.3) is 5.69 Å². The summed E-state index contributed by atoms with van der Waals surface area (Å²) in [6.45, 7) is 5.34. The summed E-state index contributed by atoms with van der Waals surface area (Å²) < 4.78 is 1.93. The maximum atomic E-state index is 4.63. The van der Waals surface area contributed by atoms with E-state index >= 15 is 0 Å².